The van der Waals surface area contributed by atoms with Crippen LogP contribution in [0.2, 0.25) is 5.02 Å². The van der Waals surface area contributed by atoms with E-state index >= 15 is 0 Å². The molecule has 0 aliphatic carbocycles. The molecule has 0 spiro atoms. The first-order valence-corrected chi connectivity index (χ1v) is 9.68. The molecule has 2 aromatic carbocycles. The summed E-state index contributed by atoms with van der Waals surface area (Å²) in [6.07, 6.45) is -4.73. The lowest BCUT2D eigenvalue weighted by Gasteiger charge is -2.10. The van der Waals surface area contributed by atoms with Crippen molar-refractivity contribution in [3.8, 4) is 0 Å². The van der Waals surface area contributed by atoms with Crippen LogP contribution >= 0.6 is 23.4 Å². The van der Waals surface area contributed by atoms with Crippen molar-refractivity contribution in [2.24, 2.45) is 4.99 Å². The zero-order chi connectivity index (χ0) is 21.2. The summed E-state index contributed by atoms with van der Waals surface area (Å²) in [5.74, 6) is -0.906. The third kappa shape index (κ3) is 5.10. The van der Waals surface area contributed by atoms with Gasteiger partial charge in [-0.25, -0.2) is 4.99 Å². The van der Waals surface area contributed by atoms with Gasteiger partial charge in [-0.15, -0.1) is 0 Å². The molecule has 29 heavy (non-hydrogen) atoms. The van der Waals surface area contributed by atoms with Gasteiger partial charge < -0.3 is 10.6 Å². The second-order valence-electron chi connectivity index (χ2n) is 6.19. The fourth-order valence-corrected chi connectivity index (χ4v) is 3.78. The molecule has 1 fully saturated rings. The molecular weight excluding hydrogens is 427 g/mol. The minimum absolute atomic E-state index is 0.0171. The molecule has 5 nitrogen and oxygen atoms in total. The average molecular weight is 442 g/mol. The number of nitrogens with zero attached hydrogens (tertiary/aromatic N) is 1. The van der Waals surface area contributed by atoms with Crippen molar-refractivity contribution < 1.29 is 22.8 Å². The van der Waals surface area contributed by atoms with E-state index in [2.05, 4.69) is 15.6 Å². The molecule has 2 N–H and O–H groups in total. The van der Waals surface area contributed by atoms with Gasteiger partial charge >= 0.3 is 6.18 Å². The van der Waals surface area contributed by atoms with E-state index < -0.39 is 28.8 Å². The summed E-state index contributed by atoms with van der Waals surface area (Å²) in [5.41, 5.74) is 0.0124. The molecule has 1 atom stereocenters. The summed E-state index contributed by atoms with van der Waals surface area (Å²) >= 11 is 6.93. The van der Waals surface area contributed by atoms with Gasteiger partial charge in [0.2, 0.25) is 11.8 Å². The number of nitrogens with one attached hydrogen (secondary N) is 2. The average Bonchev–Trinajstić information content (AvgIpc) is 2.97. The van der Waals surface area contributed by atoms with Gasteiger partial charge in [0.15, 0.2) is 5.17 Å². The van der Waals surface area contributed by atoms with Crippen LogP contribution in [0, 0.1) is 6.92 Å². The van der Waals surface area contributed by atoms with Crippen molar-refractivity contribution >= 4 is 51.7 Å². The molecular formula is C19H15ClF3N3O2S. The lowest BCUT2D eigenvalue weighted by molar-refractivity contribution is -0.137. The van der Waals surface area contributed by atoms with Crippen molar-refractivity contribution in [1.29, 1.82) is 0 Å². The molecule has 0 saturated carbocycles. The van der Waals surface area contributed by atoms with E-state index in [9.17, 15) is 22.8 Å². The molecule has 3 rings (SSSR count). The van der Waals surface area contributed by atoms with Crippen LogP contribution in [0.3, 0.4) is 0 Å². The largest absolute Gasteiger partial charge is 0.418 e. The van der Waals surface area contributed by atoms with E-state index in [0.717, 1.165) is 17.8 Å². The second kappa shape index (κ2) is 8.46. The van der Waals surface area contributed by atoms with E-state index in [0.29, 0.717) is 16.3 Å². The number of amidine groups is 1. The molecule has 1 unspecified atom stereocenters. The van der Waals surface area contributed by atoms with Crippen molar-refractivity contribution in [2.75, 3.05) is 5.32 Å². The highest BCUT2D eigenvalue weighted by Crippen LogP contribution is 2.37. The van der Waals surface area contributed by atoms with Crippen LogP contribution in [0.5, 0.6) is 0 Å². The first-order valence-electron chi connectivity index (χ1n) is 8.42. The Morgan fingerprint density at radius 1 is 1.24 bits per heavy atom. The van der Waals surface area contributed by atoms with Crippen LogP contribution < -0.4 is 10.6 Å². The monoisotopic (exact) mass is 441 g/mol. The standard InChI is InChI=1S/C19H15ClF3N3O2S/c1-10-12(20)6-4-8-13(10)24-16(27)9-15-17(28)26-18(29-15)25-14-7-3-2-5-11(14)19(21,22)23/h2-8,15H,9H2,1H3,(H,24,27)(H,25,26,28). The van der Waals surface area contributed by atoms with Gasteiger partial charge in [0.1, 0.15) is 5.25 Å². The van der Waals surface area contributed by atoms with E-state index in [-0.39, 0.29) is 17.3 Å². The maximum Gasteiger partial charge on any atom is 0.418 e. The Bertz CT molecular complexity index is 995. The third-order valence-electron chi connectivity index (χ3n) is 4.12. The van der Waals surface area contributed by atoms with E-state index in [1.165, 1.54) is 18.2 Å². The summed E-state index contributed by atoms with van der Waals surface area (Å²) < 4.78 is 39.3. The predicted octanol–water partition coefficient (Wildman–Crippen LogP) is 4.92. The number of halogens is 4. The maximum atomic E-state index is 13.1. The number of carbonyl (C=O) groups excluding carboxylic acids is 2. The fourth-order valence-electron chi connectivity index (χ4n) is 2.63. The molecule has 0 aromatic heterocycles. The van der Waals surface area contributed by atoms with Crippen LogP contribution in [-0.2, 0) is 15.8 Å². The van der Waals surface area contributed by atoms with Crippen molar-refractivity contribution in [3.63, 3.8) is 0 Å². The quantitative estimate of drug-likeness (QED) is 0.707. The predicted molar refractivity (Wildman–Crippen MR) is 107 cm³/mol. The van der Waals surface area contributed by atoms with Gasteiger partial charge in [-0.1, -0.05) is 41.6 Å². The number of hydrogen-bond donors (Lipinski definition) is 2. The normalized spacial score (nSPS) is 18.0. The zero-order valence-electron chi connectivity index (χ0n) is 15.0. The molecule has 1 aliphatic heterocycles. The minimum Gasteiger partial charge on any atom is -0.326 e. The van der Waals surface area contributed by atoms with Crippen LogP contribution in [0.15, 0.2) is 47.5 Å². The second-order valence-corrected chi connectivity index (χ2v) is 7.79. The summed E-state index contributed by atoms with van der Waals surface area (Å²) in [7, 11) is 0. The van der Waals surface area contributed by atoms with Gasteiger partial charge in [-0.05, 0) is 36.8 Å². The first kappa shape index (κ1) is 21.2. The lowest BCUT2D eigenvalue weighted by atomic mass is 10.2. The number of para-hydroxylation sites is 1. The molecule has 1 aliphatic rings. The number of benzene rings is 2. The van der Waals surface area contributed by atoms with Gasteiger partial charge in [0.25, 0.3) is 0 Å². The Morgan fingerprint density at radius 2 is 1.97 bits per heavy atom. The molecule has 2 amide bonds. The summed E-state index contributed by atoms with van der Waals surface area (Å²) in [6.45, 7) is 1.75. The summed E-state index contributed by atoms with van der Waals surface area (Å²) in [5, 5.41) is 4.82. The van der Waals surface area contributed by atoms with Crippen molar-refractivity contribution in [2.45, 2.75) is 24.8 Å². The maximum absolute atomic E-state index is 13.1. The highest BCUT2D eigenvalue weighted by Gasteiger charge is 2.35. The smallest absolute Gasteiger partial charge is 0.326 e. The number of anilines is 1. The van der Waals surface area contributed by atoms with E-state index in [1.54, 1.807) is 25.1 Å². The highest BCUT2D eigenvalue weighted by atomic mass is 35.5. The van der Waals surface area contributed by atoms with Crippen LogP contribution in [0.25, 0.3) is 0 Å². The van der Waals surface area contributed by atoms with E-state index in [4.69, 9.17) is 11.6 Å². The number of hydrogen-bond acceptors (Lipinski definition) is 4. The topological polar surface area (TPSA) is 70.6 Å². The molecule has 10 heteroatoms. The summed E-state index contributed by atoms with van der Waals surface area (Å²) in [6, 6.07) is 9.87. The molecule has 0 radical (unpaired) electrons. The van der Waals surface area contributed by atoms with Gasteiger partial charge in [-0.2, -0.15) is 13.2 Å². The minimum atomic E-state index is -4.57. The Hall–Kier alpha value is -2.52. The van der Waals surface area contributed by atoms with Crippen LogP contribution in [0.4, 0.5) is 24.5 Å². The lowest BCUT2D eigenvalue weighted by Crippen LogP contribution is -2.28. The van der Waals surface area contributed by atoms with Gasteiger partial charge in [0.05, 0.1) is 11.3 Å². The van der Waals surface area contributed by atoms with Crippen LogP contribution in [-0.4, -0.2) is 22.2 Å². The van der Waals surface area contributed by atoms with Gasteiger partial charge in [-0.3, -0.25) is 9.59 Å². The van der Waals surface area contributed by atoms with Crippen molar-refractivity contribution in [3.05, 3.63) is 58.6 Å². The Labute approximate surface area is 173 Å². The number of aliphatic imine (C=N–C) groups is 1. The summed E-state index contributed by atoms with van der Waals surface area (Å²) in [4.78, 5) is 28.3. The number of amides is 2. The number of carbonyl (C=O) groups is 2. The number of alkyl halides is 3. The van der Waals surface area contributed by atoms with Crippen LogP contribution in [0.1, 0.15) is 17.5 Å². The van der Waals surface area contributed by atoms with E-state index in [1.807, 2.05) is 0 Å². The molecule has 1 heterocycles. The van der Waals surface area contributed by atoms with Gasteiger partial charge in [0, 0.05) is 17.1 Å². The first-order chi connectivity index (χ1) is 13.6. The fraction of sp³-hybridized carbons (Fsp3) is 0.211. The Morgan fingerprint density at radius 3 is 2.69 bits per heavy atom. The SMILES string of the molecule is Cc1c(Cl)cccc1NC(=O)CC1SC(=Nc2ccccc2C(F)(F)F)NC1=O. The number of rotatable bonds is 4. The van der Waals surface area contributed by atoms with Crippen molar-refractivity contribution in [1.82, 2.24) is 5.32 Å². The molecule has 0 bridgehead atoms. The Balaban J connectivity index is 1.70. The zero-order valence-corrected chi connectivity index (χ0v) is 16.6. The molecule has 1 saturated heterocycles. The highest BCUT2D eigenvalue weighted by molar-refractivity contribution is 8.15. The number of thioether (sulfide) groups is 1. The Kier molecular flexibility index (Phi) is 6.18. The molecule has 152 valence electrons. The molecule has 2 aromatic rings. The third-order valence-corrected chi connectivity index (χ3v) is 5.61.